The van der Waals surface area contributed by atoms with Gasteiger partial charge in [-0.1, -0.05) is 37.3 Å². The van der Waals surface area contributed by atoms with E-state index in [0.29, 0.717) is 19.8 Å². The highest BCUT2D eigenvalue weighted by Crippen LogP contribution is 2.23. The fourth-order valence-electron chi connectivity index (χ4n) is 2.51. The molecule has 1 saturated heterocycles. The van der Waals surface area contributed by atoms with Gasteiger partial charge in [0.05, 0.1) is 25.2 Å². The molecule has 1 aromatic carbocycles. The molecule has 1 aliphatic rings. The number of carboxylic acid groups (broad SMARTS) is 1. The van der Waals surface area contributed by atoms with Gasteiger partial charge in [0.15, 0.2) is 0 Å². The van der Waals surface area contributed by atoms with Gasteiger partial charge < -0.3 is 14.9 Å². The molecule has 0 aliphatic carbocycles. The Morgan fingerprint density at radius 3 is 2.67 bits per heavy atom. The number of rotatable bonds is 8. The molecule has 0 bridgehead atoms. The average molecular weight is 293 g/mol. The van der Waals surface area contributed by atoms with Gasteiger partial charge in [0.25, 0.3) is 0 Å². The highest BCUT2D eigenvalue weighted by Gasteiger charge is 2.35. The van der Waals surface area contributed by atoms with E-state index >= 15 is 0 Å². The van der Waals surface area contributed by atoms with E-state index in [9.17, 15) is 9.90 Å². The Morgan fingerprint density at radius 2 is 2.05 bits per heavy atom. The molecular formula is C16H23NO4. The summed E-state index contributed by atoms with van der Waals surface area (Å²) < 4.78 is 5.49. The summed E-state index contributed by atoms with van der Waals surface area (Å²) in [5.41, 5.74) is 1.09. The van der Waals surface area contributed by atoms with Crippen molar-refractivity contribution in [1.29, 1.82) is 0 Å². The van der Waals surface area contributed by atoms with E-state index in [1.807, 2.05) is 30.3 Å². The molecule has 1 aromatic rings. The van der Waals surface area contributed by atoms with Gasteiger partial charge in [-0.3, -0.25) is 9.69 Å². The van der Waals surface area contributed by atoms with Crippen LogP contribution < -0.4 is 0 Å². The number of aliphatic carboxylic acids is 1. The topological polar surface area (TPSA) is 70.0 Å². The largest absolute Gasteiger partial charge is 0.481 e. The molecule has 116 valence electrons. The van der Waals surface area contributed by atoms with Gasteiger partial charge >= 0.3 is 5.97 Å². The van der Waals surface area contributed by atoms with Crippen LogP contribution in [0.3, 0.4) is 0 Å². The molecule has 5 nitrogen and oxygen atoms in total. The van der Waals surface area contributed by atoms with Crippen LogP contribution in [0.2, 0.25) is 0 Å². The fourth-order valence-corrected chi connectivity index (χ4v) is 2.51. The van der Waals surface area contributed by atoms with Crippen molar-refractivity contribution < 1.29 is 19.7 Å². The third-order valence-electron chi connectivity index (χ3n) is 3.97. The van der Waals surface area contributed by atoms with Crippen LogP contribution in [0.5, 0.6) is 0 Å². The molecule has 2 rings (SSSR count). The van der Waals surface area contributed by atoms with Crippen LogP contribution in [0, 0.1) is 11.8 Å². The zero-order chi connectivity index (χ0) is 15.2. The number of hydrogen-bond acceptors (Lipinski definition) is 4. The summed E-state index contributed by atoms with van der Waals surface area (Å²) in [5, 5.41) is 18.8. The average Bonchev–Trinajstić information content (AvgIpc) is 2.42. The predicted octanol–water partition coefficient (Wildman–Crippen LogP) is 1.22. The van der Waals surface area contributed by atoms with Crippen molar-refractivity contribution in [2.24, 2.45) is 11.8 Å². The molecule has 1 fully saturated rings. The number of nitrogens with zero attached hydrogens (tertiary/aromatic N) is 1. The summed E-state index contributed by atoms with van der Waals surface area (Å²) >= 11 is 0. The van der Waals surface area contributed by atoms with E-state index < -0.39 is 12.1 Å². The third-order valence-corrected chi connectivity index (χ3v) is 3.97. The van der Waals surface area contributed by atoms with Gasteiger partial charge in [0.2, 0.25) is 0 Å². The second-order valence-corrected chi connectivity index (χ2v) is 5.76. The van der Waals surface area contributed by atoms with Crippen LogP contribution in [0.15, 0.2) is 30.3 Å². The van der Waals surface area contributed by atoms with Gasteiger partial charge in [-0.15, -0.1) is 0 Å². The smallest absolute Gasteiger partial charge is 0.306 e. The first-order chi connectivity index (χ1) is 10.1. The Bertz CT molecular complexity index is 445. The molecule has 2 unspecified atom stereocenters. The summed E-state index contributed by atoms with van der Waals surface area (Å²) in [6.07, 6.45) is -0.533. The van der Waals surface area contributed by atoms with Crippen LogP contribution in [0.4, 0.5) is 0 Å². The lowest BCUT2D eigenvalue weighted by Crippen LogP contribution is -2.53. The molecule has 0 spiro atoms. The molecule has 5 heteroatoms. The number of carbonyl (C=O) groups is 1. The molecule has 2 N–H and O–H groups in total. The van der Waals surface area contributed by atoms with E-state index in [1.54, 1.807) is 6.92 Å². The zero-order valence-corrected chi connectivity index (χ0v) is 12.3. The monoisotopic (exact) mass is 293 g/mol. The first-order valence-electron chi connectivity index (χ1n) is 7.31. The number of likely N-dealkylation sites (tertiary alicyclic amines) is 1. The van der Waals surface area contributed by atoms with Crippen molar-refractivity contribution in [2.75, 3.05) is 26.2 Å². The molecule has 0 radical (unpaired) electrons. The lowest BCUT2D eigenvalue weighted by atomic mass is 9.87. The normalized spacial score (nSPS) is 19.0. The van der Waals surface area contributed by atoms with Crippen LogP contribution in [-0.4, -0.2) is 53.4 Å². The minimum absolute atomic E-state index is 0.194. The van der Waals surface area contributed by atoms with E-state index in [2.05, 4.69) is 4.90 Å². The summed E-state index contributed by atoms with van der Waals surface area (Å²) in [4.78, 5) is 12.9. The number of hydrogen-bond donors (Lipinski definition) is 2. The predicted molar refractivity (Wildman–Crippen MR) is 78.8 cm³/mol. The summed E-state index contributed by atoms with van der Waals surface area (Å²) in [6.45, 7) is 4.55. The Kier molecular flexibility index (Phi) is 5.73. The minimum Gasteiger partial charge on any atom is -0.481 e. The molecular weight excluding hydrogens is 270 g/mol. The zero-order valence-electron chi connectivity index (χ0n) is 12.3. The maximum absolute atomic E-state index is 10.9. The highest BCUT2D eigenvalue weighted by molar-refractivity contribution is 5.70. The summed E-state index contributed by atoms with van der Waals surface area (Å²) in [5.74, 6) is -0.862. The number of carboxylic acids is 1. The molecule has 0 amide bonds. The standard InChI is InChI=1S/C16H23NO4/c1-12(16(19)20)14-7-17(8-14)9-15(18)11-21-10-13-5-3-2-4-6-13/h2-6,12,14-15,18H,7-11H2,1H3,(H,19,20). The van der Waals surface area contributed by atoms with Crippen LogP contribution in [0.25, 0.3) is 0 Å². The van der Waals surface area contributed by atoms with Crippen molar-refractivity contribution in [1.82, 2.24) is 4.90 Å². The van der Waals surface area contributed by atoms with Crippen LogP contribution in [-0.2, 0) is 16.1 Å². The maximum atomic E-state index is 10.9. The Hall–Kier alpha value is -1.43. The third kappa shape index (κ3) is 4.81. The molecule has 0 saturated carbocycles. The van der Waals surface area contributed by atoms with E-state index in [0.717, 1.165) is 18.7 Å². The van der Waals surface area contributed by atoms with Crippen LogP contribution >= 0.6 is 0 Å². The lowest BCUT2D eigenvalue weighted by molar-refractivity contribution is -0.145. The van der Waals surface area contributed by atoms with Gasteiger partial charge in [0, 0.05) is 19.6 Å². The molecule has 2 atom stereocenters. The SMILES string of the molecule is CC(C(=O)O)C1CN(CC(O)COCc2ccccc2)C1. The lowest BCUT2D eigenvalue weighted by Gasteiger charge is -2.42. The van der Waals surface area contributed by atoms with E-state index in [1.165, 1.54) is 0 Å². The Labute approximate surface area is 125 Å². The van der Waals surface area contributed by atoms with Gasteiger partial charge in [-0.25, -0.2) is 0 Å². The molecule has 1 aliphatic heterocycles. The molecule has 1 heterocycles. The quantitative estimate of drug-likeness (QED) is 0.754. The Morgan fingerprint density at radius 1 is 1.38 bits per heavy atom. The molecule has 0 aromatic heterocycles. The summed E-state index contributed by atoms with van der Waals surface area (Å²) in [7, 11) is 0. The minimum atomic E-state index is -0.744. The number of ether oxygens (including phenoxy) is 1. The van der Waals surface area contributed by atoms with Crippen molar-refractivity contribution in [2.45, 2.75) is 19.6 Å². The second-order valence-electron chi connectivity index (χ2n) is 5.76. The van der Waals surface area contributed by atoms with Crippen molar-refractivity contribution in [3.63, 3.8) is 0 Å². The number of aliphatic hydroxyl groups is 1. The number of β-amino-alcohol motifs (C(OH)–C–C–N with tert-alkyl or cyclic N) is 1. The van der Waals surface area contributed by atoms with Crippen molar-refractivity contribution >= 4 is 5.97 Å². The first-order valence-corrected chi connectivity index (χ1v) is 7.31. The second kappa shape index (κ2) is 7.54. The van der Waals surface area contributed by atoms with Crippen molar-refractivity contribution in [3.05, 3.63) is 35.9 Å². The number of aliphatic hydroxyl groups excluding tert-OH is 1. The fraction of sp³-hybridized carbons (Fsp3) is 0.562. The van der Waals surface area contributed by atoms with Gasteiger partial charge in [-0.2, -0.15) is 0 Å². The van der Waals surface area contributed by atoms with Crippen molar-refractivity contribution in [3.8, 4) is 0 Å². The van der Waals surface area contributed by atoms with Gasteiger partial charge in [-0.05, 0) is 11.5 Å². The van der Waals surface area contributed by atoms with Crippen LogP contribution in [0.1, 0.15) is 12.5 Å². The summed E-state index contributed by atoms with van der Waals surface area (Å²) in [6, 6.07) is 9.84. The maximum Gasteiger partial charge on any atom is 0.306 e. The Balaban J connectivity index is 1.59. The first kappa shape index (κ1) is 15.9. The number of benzene rings is 1. The van der Waals surface area contributed by atoms with E-state index in [4.69, 9.17) is 9.84 Å². The van der Waals surface area contributed by atoms with Gasteiger partial charge in [0.1, 0.15) is 0 Å². The molecule has 21 heavy (non-hydrogen) atoms. The highest BCUT2D eigenvalue weighted by atomic mass is 16.5. The van der Waals surface area contributed by atoms with E-state index in [-0.39, 0.29) is 11.8 Å².